The molecule has 0 spiro atoms. The number of nitrogens with zero attached hydrogens (tertiary/aromatic N) is 4. The number of carbonyl (C=O) groups excluding carboxylic acids is 1. The van der Waals surface area contributed by atoms with Crippen LogP contribution >= 0.6 is 11.8 Å². The van der Waals surface area contributed by atoms with E-state index in [9.17, 15) is 4.79 Å². The minimum Gasteiger partial charge on any atom is -0.452 e. The lowest BCUT2D eigenvalue weighted by Crippen LogP contribution is -2.50. The zero-order chi connectivity index (χ0) is 21.8. The molecular formula is C24H31N4O2S+. The Morgan fingerprint density at radius 2 is 1.94 bits per heavy atom. The largest absolute Gasteiger partial charge is 0.452 e. The molecule has 0 N–H and O–H groups in total. The second-order valence-corrected chi connectivity index (χ2v) is 8.79. The summed E-state index contributed by atoms with van der Waals surface area (Å²) in [5.41, 5.74) is 3.69. The Balaban J connectivity index is 1.62. The lowest BCUT2D eigenvalue weighted by molar-refractivity contribution is -0.131. The third kappa shape index (κ3) is 4.71. The summed E-state index contributed by atoms with van der Waals surface area (Å²) in [5, 5.41) is 1.12. The van der Waals surface area contributed by atoms with Crippen LogP contribution in [0.1, 0.15) is 20.3 Å². The van der Waals surface area contributed by atoms with Gasteiger partial charge in [0, 0.05) is 43.1 Å². The number of aromatic nitrogens is 1. The van der Waals surface area contributed by atoms with Crippen molar-refractivity contribution in [3.63, 3.8) is 0 Å². The van der Waals surface area contributed by atoms with E-state index in [1.54, 1.807) is 11.8 Å². The Kier molecular flexibility index (Phi) is 6.80. The van der Waals surface area contributed by atoms with Crippen molar-refractivity contribution in [2.45, 2.75) is 20.3 Å². The van der Waals surface area contributed by atoms with Gasteiger partial charge in [-0.15, -0.1) is 0 Å². The smallest absolute Gasteiger partial charge is 0.223 e. The highest BCUT2D eigenvalue weighted by molar-refractivity contribution is 7.98. The van der Waals surface area contributed by atoms with Crippen LogP contribution in [-0.4, -0.2) is 67.1 Å². The van der Waals surface area contributed by atoms with Crippen LogP contribution in [0.5, 0.6) is 0 Å². The number of anilines is 1. The SMILES string of the molecule is CCN(CC)c1ccc2nc3ccc(=[N+]4CCN(C(=O)CCSC)CC4)cc-3oc2c1. The molecule has 0 aromatic heterocycles. The molecular weight excluding hydrogens is 408 g/mol. The van der Waals surface area contributed by atoms with Gasteiger partial charge in [0.2, 0.25) is 11.3 Å². The van der Waals surface area contributed by atoms with Gasteiger partial charge in [-0.2, -0.15) is 11.8 Å². The van der Waals surface area contributed by atoms with E-state index in [4.69, 9.17) is 9.40 Å². The molecule has 31 heavy (non-hydrogen) atoms. The quantitative estimate of drug-likeness (QED) is 0.436. The summed E-state index contributed by atoms with van der Waals surface area (Å²) < 4.78 is 8.60. The second-order valence-electron chi connectivity index (χ2n) is 7.80. The number of fused-ring (bicyclic) bond motifs is 2. The van der Waals surface area contributed by atoms with E-state index in [0.29, 0.717) is 6.42 Å². The summed E-state index contributed by atoms with van der Waals surface area (Å²) in [4.78, 5) is 21.4. The monoisotopic (exact) mass is 439 g/mol. The Morgan fingerprint density at radius 3 is 2.65 bits per heavy atom. The first-order valence-corrected chi connectivity index (χ1v) is 12.5. The van der Waals surface area contributed by atoms with Gasteiger partial charge in [-0.3, -0.25) is 4.79 Å². The molecule has 0 atom stereocenters. The van der Waals surface area contributed by atoms with E-state index in [-0.39, 0.29) is 5.91 Å². The molecule has 0 radical (unpaired) electrons. The van der Waals surface area contributed by atoms with Gasteiger partial charge in [-0.1, -0.05) is 0 Å². The van der Waals surface area contributed by atoms with Gasteiger partial charge in [0.25, 0.3) is 0 Å². The molecule has 7 heteroatoms. The minimum absolute atomic E-state index is 0.266. The van der Waals surface area contributed by atoms with Crippen LogP contribution < -0.4 is 14.8 Å². The van der Waals surface area contributed by atoms with Crippen LogP contribution in [0.4, 0.5) is 5.69 Å². The van der Waals surface area contributed by atoms with Gasteiger partial charge in [0.05, 0.1) is 19.2 Å². The summed E-state index contributed by atoms with van der Waals surface area (Å²) in [6.45, 7) is 9.44. The molecule has 0 saturated carbocycles. The highest BCUT2D eigenvalue weighted by Gasteiger charge is 2.23. The molecule has 1 aromatic rings. The maximum atomic E-state index is 12.3. The molecule has 2 aliphatic heterocycles. The van der Waals surface area contributed by atoms with E-state index in [1.165, 1.54) is 0 Å². The van der Waals surface area contributed by atoms with Gasteiger partial charge in [0.15, 0.2) is 24.4 Å². The first-order valence-electron chi connectivity index (χ1n) is 11.1. The van der Waals surface area contributed by atoms with Gasteiger partial charge < -0.3 is 14.2 Å². The Labute approximate surface area is 187 Å². The maximum Gasteiger partial charge on any atom is 0.223 e. The van der Waals surface area contributed by atoms with Crippen molar-refractivity contribution in [1.29, 1.82) is 0 Å². The lowest BCUT2D eigenvalue weighted by atomic mass is 10.2. The fraction of sp³-hybridized carbons (Fsp3) is 0.458. The zero-order valence-electron chi connectivity index (χ0n) is 18.6. The van der Waals surface area contributed by atoms with Crippen LogP contribution in [0, 0.1) is 0 Å². The maximum absolute atomic E-state index is 12.3. The molecule has 1 aliphatic carbocycles. The number of rotatable bonds is 6. The fourth-order valence-electron chi connectivity index (χ4n) is 4.15. The van der Waals surface area contributed by atoms with E-state index >= 15 is 0 Å². The van der Waals surface area contributed by atoms with Crippen LogP contribution in [-0.2, 0) is 4.79 Å². The van der Waals surface area contributed by atoms with Crippen LogP contribution in [0.15, 0.2) is 40.8 Å². The van der Waals surface area contributed by atoms with E-state index in [1.807, 2.05) is 23.3 Å². The Hall–Kier alpha value is -2.54. The van der Waals surface area contributed by atoms with Gasteiger partial charge >= 0.3 is 0 Å². The molecule has 0 unspecified atom stereocenters. The third-order valence-electron chi connectivity index (χ3n) is 5.99. The summed E-state index contributed by atoms with van der Waals surface area (Å²) >= 11 is 1.72. The highest BCUT2D eigenvalue weighted by atomic mass is 32.2. The third-order valence-corrected chi connectivity index (χ3v) is 6.61. The topological polar surface area (TPSA) is 52.6 Å². The summed E-state index contributed by atoms with van der Waals surface area (Å²) in [6.07, 6.45) is 2.67. The fourth-order valence-corrected chi connectivity index (χ4v) is 4.52. The molecule has 2 heterocycles. The highest BCUT2D eigenvalue weighted by Crippen LogP contribution is 2.27. The van der Waals surface area contributed by atoms with Crippen molar-refractivity contribution in [2.75, 3.05) is 56.2 Å². The molecule has 1 amide bonds. The molecule has 3 aliphatic rings. The second kappa shape index (κ2) is 9.73. The molecule has 1 fully saturated rings. The summed E-state index contributed by atoms with van der Waals surface area (Å²) in [6, 6.07) is 12.4. The number of piperazine rings is 1. The number of benzene rings is 2. The number of hydrogen-bond donors (Lipinski definition) is 0. The zero-order valence-corrected chi connectivity index (χ0v) is 19.5. The first-order chi connectivity index (χ1) is 15.1. The number of amides is 1. The average molecular weight is 440 g/mol. The van der Waals surface area contributed by atoms with Crippen molar-refractivity contribution < 1.29 is 9.21 Å². The first kappa shape index (κ1) is 21.7. The van der Waals surface area contributed by atoms with Gasteiger partial charge in [0.1, 0.15) is 11.2 Å². The van der Waals surface area contributed by atoms with E-state index in [2.05, 4.69) is 47.6 Å². The average Bonchev–Trinajstić information content (AvgIpc) is 2.81. The molecule has 6 nitrogen and oxygen atoms in total. The van der Waals surface area contributed by atoms with Crippen molar-refractivity contribution in [3.05, 3.63) is 41.8 Å². The number of carbonyl (C=O) groups is 1. The minimum atomic E-state index is 0.266. The van der Waals surface area contributed by atoms with Crippen molar-refractivity contribution >= 4 is 34.5 Å². The molecule has 164 valence electrons. The normalized spacial score (nSPS) is 14.4. The predicted octanol–water partition coefficient (Wildman–Crippen LogP) is 3.15. The number of hydrogen-bond acceptors (Lipinski definition) is 5. The van der Waals surface area contributed by atoms with Crippen molar-refractivity contribution in [1.82, 2.24) is 14.5 Å². The number of thioether (sulfide) groups is 1. The molecule has 4 rings (SSSR count). The molecule has 1 aromatic carbocycles. The van der Waals surface area contributed by atoms with Crippen LogP contribution in [0.2, 0.25) is 0 Å². The van der Waals surface area contributed by atoms with Gasteiger partial charge in [-0.25, -0.2) is 9.56 Å². The Morgan fingerprint density at radius 1 is 1.16 bits per heavy atom. The van der Waals surface area contributed by atoms with Gasteiger partial charge in [-0.05, 0) is 38.3 Å². The molecule has 1 saturated heterocycles. The Bertz CT molecular complexity index is 1100. The van der Waals surface area contributed by atoms with Crippen molar-refractivity contribution in [2.24, 2.45) is 0 Å². The summed E-state index contributed by atoms with van der Waals surface area (Å²) in [7, 11) is 0. The lowest BCUT2D eigenvalue weighted by Gasteiger charge is -2.25. The van der Waals surface area contributed by atoms with Crippen LogP contribution in [0.3, 0.4) is 0 Å². The molecule has 0 bridgehead atoms. The van der Waals surface area contributed by atoms with Crippen LogP contribution in [0.25, 0.3) is 22.6 Å². The summed E-state index contributed by atoms with van der Waals surface area (Å²) in [5.74, 6) is 1.95. The van der Waals surface area contributed by atoms with E-state index < -0.39 is 0 Å². The van der Waals surface area contributed by atoms with E-state index in [0.717, 1.165) is 78.6 Å². The predicted molar refractivity (Wildman–Crippen MR) is 129 cm³/mol. The standard InChI is InChI=1S/C24H31N4O2S/c1-4-26(5-2)18-6-8-20-22(16-18)30-23-17-19(7-9-21(23)25-20)27-11-13-28(14-12-27)24(29)10-15-31-3/h6-9,16-17H,4-5,10-15H2,1-3H3/q+1. The van der Waals surface area contributed by atoms with Crippen molar-refractivity contribution in [3.8, 4) is 11.5 Å².